The maximum absolute atomic E-state index is 9.19. The second-order valence-electron chi connectivity index (χ2n) is 8.45. The van der Waals surface area contributed by atoms with Gasteiger partial charge in [0.15, 0.2) is 0 Å². The van der Waals surface area contributed by atoms with Gasteiger partial charge in [-0.15, -0.1) is 0 Å². The highest BCUT2D eigenvalue weighted by atomic mass is 32.2. The van der Waals surface area contributed by atoms with Crippen LogP contribution in [0.4, 0.5) is 0 Å². The average Bonchev–Trinajstić information content (AvgIpc) is 2.92. The van der Waals surface area contributed by atoms with E-state index in [0.717, 1.165) is 0 Å². The van der Waals surface area contributed by atoms with Crippen LogP contribution in [-0.4, -0.2) is 68.6 Å². The molecule has 2 fully saturated rings. The molecule has 0 spiro atoms. The van der Waals surface area contributed by atoms with Crippen LogP contribution in [0.25, 0.3) is 0 Å². The zero-order valence-corrected chi connectivity index (χ0v) is 20.7. The Morgan fingerprint density at radius 2 is 1.12 bits per heavy atom. The van der Waals surface area contributed by atoms with Gasteiger partial charge in [0.2, 0.25) is 0 Å². The summed E-state index contributed by atoms with van der Waals surface area (Å²) in [6, 6.07) is 22.7. The number of nitrogens with zero attached hydrogens (tertiary/aromatic N) is 1. The fourth-order valence-electron chi connectivity index (χ4n) is 4.27. The molecular weight excluding hydrogens is 466 g/mol. The van der Waals surface area contributed by atoms with Crippen LogP contribution in [-0.2, 0) is 25.0 Å². The number of rotatable bonds is 4. The van der Waals surface area contributed by atoms with Crippen LogP contribution in [0.15, 0.2) is 60.7 Å². The van der Waals surface area contributed by atoms with E-state index in [9.17, 15) is 16.8 Å². The summed E-state index contributed by atoms with van der Waals surface area (Å²) in [6.45, 7) is 0. The van der Waals surface area contributed by atoms with Crippen molar-refractivity contribution >= 4 is 20.2 Å². The molecule has 0 aromatic heterocycles. The number of ether oxygens (including phenoxy) is 1. The van der Waals surface area contributed by atoms with E-state index < -0.39 is 20.2 Å². The maximum Gasteiger partial charge on any atom is 0.261 e. The van der Waals surface area contributed by atoms with Crippen molar-refractivity contribution in [2.45, 2.75) is 50.0 Å². The van der Waals surface area contributed by atoms with Crippen molar-refractivity contribution in [1.82, 2.24) is 4.90 Å². The minimum absolute atomic E-state index is 0.0465. The molecule has 0 amide bonds. The minimum Gasteiger partial charge on any atom is -0.365 e. The molecule has 2 bridgehead atoms. The summed E-state index contributed by atoms with van der Waals surface area (Å²) in [7, 11) is -5.05. The van der Waals surface area contributed by atoms with Crippen molar-refractivity contribution in [2.24, 2.45) is 0 Å². The molecule has 10 heteroatoms. The van der Waals surface area contributed by atoms with Crippen molar-refractivity contribution in [2.75, 3.05) is 19.6 Å². The van der Waals surface area contributed by atoms with E-state index in [1.54, 1.807) is 0 Å². The van der Waals surface area contributed by atoms with Gasteiger partial charge in [0.25, 0.3) is 20.2 Å². The first-order valence-corrected chi connectivity index (χ1v) is 14.3. The second kappa shape index (κ2) is 12.0. The third-order valence-electron chi connectivity index (χ3n) is 5.59. The van der Waals surface area contributed by atoms with Crippen LogP contribution in [0.1, 0.15) is 42.9 Å². The summed E-state index contributed by atoms with van der Waals surface area (Å²) < 4.78 is 58.4. The van der Waals surface area contributed by atoms with Crippen LogP contribution < -0.4 is 0 Å². The smallest absolute Gasteiger partial charge is 0.261 e. The Morgan fingerprint density at radius 1 is 0.788 bits per heavy atom. The van der Waals surface area contributed by atoms with Crippen LogP contribution in [0.2, 0.25) is 0 Å². The average molecular weight is 500 g/mol. The molecule has 184 valence electrons. The Hall–Kier alpha value is -1.82. The molecule has 0 aliphatic carbocycles. The van der Waals surface area contributed by atoms with Crippen molar-refractivity contribution in [3.63, 3.8) is 0 Å². The molecule has 0 saturated carbocycles. The van der Waals surface area contributed by atoms with Crippen LogP contribution in [0, 0.1) is 0 Å². The molecule has 0 radical (unpaired) electrons. The highest BCUT2D eigenvalue weighted by molar-refractivity contribution is 7.85. The zero-order valence-electron chi connectivity index (χ0n) is 19.1. The van der Waals surface area contributed by atoms with Gasteiger partial charge in [-0.1, -0.05) is 60.7 Å². The fraction of sp³-hybridized carbons (Fsp3) is 0.478. The van der Waals surface area contributed by atoms with Gasteiger partial charge in [-0.3, -0.25) is 9.11 Å². The van der Waals surface area contributed by atoms with Gasteiger partial charge in [-0.05, 0) is 43.9 Å². The number of fused-ring (bicyclic) bond motifs is 2. The van der Waals surface area contributed by atoms with Crippen molar-refractivity contribution in [3.05, 3.63) is 71.8 Å². The minimum atomic E-state index is -3.67. The van der Waals surface area contributed by atoms with E-state index in [-0.39, 0.29) is 6.10 Å². The lowest BCUT2D eigenvalue weighted by Crippen LogP contribution is -2.43. The van der Waals surface area contributed by atoms with E-state index >= 15 is 0 Å². The third-order valence-corrected chi connectivity index (χ3v) is 5.59. The number of hydrogen-bond donors (Lipinski definition) is 2. The summed E-state index contributed by atoms with van der Waals surface area (Å²) in [6.07, 6.45) is 6.86. The molecule has 8 nitrogen and oxygen atoms in total. The van der Waals surface area contributed by atoms with Crippen LogP contribution >= 0.6 is 0 Å². The Labute approximate surface area is 197 Å². The summed E-state index contributed by atoms with van der Waals surface area (Å²) >= 11 is 0. The van der Waals surface area contributed by atoms with E-state index in [1.165, 1.54) is 36.8 Å². The normalized spacial score (nSPS) is 22.7. The topological polar surface area (TPSA) is 121 Å². The number of hydrogen-bond acceptors (Lipinski definition) is 6. The SMILES string of the molecule is CN1[C@@H]2CC[C@H]1CC(OC(c1ccccc1)c1ccccc1)C2.CS(=O)(=O)O.CS(=O)(=O)O. The van der Waals surface area contributed by atoms with Crippen molar-refractivity contribution in [1.29, 1.82) is 0 Å². The van der Waals surface area contributed by atoms with Gasteiger partial charge < -0.3 is 9.64 Å². The molecule has 2 N–H and O–H groups in total. The fourth-order valence-corrected chi connectivity index (χ4v) is 4.27. The second-order valence-corrected chi connectivity index (χ2v) is 11.4. The molecule has 3 atom stereocenters. The van der Waals surface area contributed by atoms with Crippen LogP contribution in [0.5, 0.6) is 0 Å². The van der Waals surface area contributed by atoms with E-state index in [1.807, 2.05) is 0 Å². The van der Waals surface area contributed by atoms with Gasteiger partial charge in [-0.25, -0.2) is 0 Å². The molecular formula is C23H33NO7S2. The molecule has 4 rings (SSSR count). The van der Waals surface area contributed by atoms with E-state index in [4.69, 9.17) is 13.8 Å². The van der Waals surface area contributed by atoms with Gasteiger partial charge in [0.05, 0.1) is 18.6 Å². The molecule has 2 aromatic rings. The molecule has 2 aliphatic heterocycles. The highest BCUT2D eigenvalue weighted by Crippen LogP contribution is 2.38. The van der Waals surface area contributed by atoms with Crippen molar-refractivity contribution in [3.8, 4) is 0 Å². The Morgan fingerprint density at radius 3 is 1.45 bits per heavy atom. The first-order chi connectivity index (χ1) is 15.3. The van der Waals surface area contributed by atoms with Gasteiger partial charge >= 0.3 is 0 Å². The number of benzene rings is 2. The Kier molecular flexibility index (Phi) is 10.0. The quantitative estimate of drug-likeness (QED) is 0.614. The summed E-state index contributed by atoms with van der Waals surface area (Å²) in [4.78, 5) is 2.57. The summed E-state index contributed by atoms with van der Waals surface area (Å²) in [5, 5.41) is 0. The lowest BCUT2D eigenvalue weighted by Gasteiger charge is -2.38. The maximum atomic E-state index is 9.19. The monoisotopic (exact) mass is 499 g/mol. The zero-order chi connectivity index (χ0) is 24.6. The van der Waals surface area contributed by atoms with Gasteiger partial charge in [0, 0.05) is 12.1 Å². The lowest BCUT2D eigenvalue weighted by molar-refractivity contribution is -0.0426. The predicted molar refractivity (Wildman–Crippen MR) is 128 cm³/mol. The largest absolute Gasteiger partial charge is 0.365 e. The molecule has 1 unspecified atom stereocenters. The lowest BCUT2D eigenvalue weighted by atomic mass is 9.97. The van der Waals surface area contributed by atoms with E-state index in [2.05, 4.69) is 72.6 Å². The summed E-state index contributed by atoms with van der Waals surface area (Å²) in [5.74, 6) is 0. The third kappa shape index (κ3) is 10.8. The Bertz CT molecular complexity index is 961. The molecule has 2 heterocycles. The standard InChI is InChI=1S/C21H25NO.2CH4O3S/c1-22-18-12-13-19(22)15-20(14-18)23-21(16-8-4-2-5-9-16)17-10-6-3-7-11-17;2*1-5(2,3)4/h2-11,18-21H,12-15H2,1H3;2*1H3,(H,2,3,4)/t18-,19+,20?;;. The van der Waals surface area contributed by atoms with E-state index in [0.29, 0.717) is 30.7 Å². The Balaban J connectivity index is 0.000000327. The first kappa shape index (κ1) is 27.4. The highest BCUT2D eigenvalue weighted by Gasteiger charge is 2.39. The molecule has 2 aliphatic rings. The first-order valence-electron chi connectivity index (χ1n) is 10.6. The molecule has 2 saturated heterocycles. The van der Waals surface area contributed by atoms with Crippen LogP contribution in [0.3, 0.4) is 0 Å². The number of piperidine rings is 1. The summed E-state index contributed by atoms with van der Waals surface area (Å²) in [5.41, 5.74) is 2.51. The predicted octanol–water partition coefficient (Wildman–Crippen LogP) is 3.43. The molecule has 33 heavy (non-hydrogen) atoms. The van der Waals surface area contributed by atoms with Gasteiger partial charge in [-0.2, -0.15) is 16.8 Å². The van der Waals surface area contributed by atoms with Gasteiger partial charge in [0.1, 0.15) is 6.10 Å². The molecule has 2 aromatic carbocycles. The van der Waals surface area contributed by atoms with Crippen molar-refractivity contribution < 1.29 is 30.7 Å².